The predicted molar refractivity (Wildman–Crippen MR) is 132 cm³/mol. The van der Waals surface area contributed by atoms with E-state index in [0.717, 1.165) is 41.3 Å². The minimum atomic E-state index is -0.537. The van der Waals surface area contributed by atoms with Crippen molar-refractivity contribution < 1.29 is 19.0 Å². The number of carbonyl (C=O) groups excluding carboxylic acids is 1. The molecule has 8 nitrogen and oxygen atoms in total. The first-order valence-corrected chi connectivity index (χ1v) is 12.2. The molecule has 1 aliphatic rings. The molecule has 1 fully saturated rings. The Kier molecular flexibility index (Phi) is 6.46. The number of fused-ring (bicyclic) bond motifs is 2. The summed E-state index contributed by atoms with van der Waals surface area (Å²) in [7, 11) is 0. The van der Waals surface area contributed by atoms with Gasteiger partial charge < -0.3 is 24.1 Å². The van der Waals surface area contributed by atoms with E-state index in [1.54, 1.807) is 35.6 Å². The van der Waals surface area contributed by atoms with Crippen molar-refractivity contribution in [2.75, 3.05) is 37.8 Å². The van der Waals surface area contributed by atoms with Crippen LogP contribution < -0.4 is 15.2 Å². The third-order valence-corrected chi connectivity index (χ3v) is 6.71. The van der Waals surface area contributed by atoms with Crippen LogP contribution in [-0.2, 0) is 9.47 Å². The fourth-order valence-electron chi connectivity index (χ4n) is 3.79. The number of benzene rings is 2. The number of carbonyl (C=O) groups is 1. The van der Waals surface area contributed by atoms with E-state index in [4.69, 9.17) is 19.2 Å². The molecule has 2 aromatic carbocycles. The molecule has 5 rings (SSSR count). The standard InChI is InChI=1S/C25H25N3O5S/c1-2-3-10-32-24(30)21-14-16-13-17(4-6-19(16)23(29)26-21)33-18-5-7-20-22(15-18)34-25(27-20)28-8-11-31-12-9-28/h4-7,13-15H,2-3,8-12H2,1H3,(H,26,29). The number of anilines is 1. The molecule has 0 unspecified atom stereocenters. The number of aromatic nitrogens is 2. The summed E-state index contributed by atoms with van der Waals surface area (Å²) in [5.41, 5.74) is 0.718. The number of aromatic amines is 1. The van der Waals surface area contributed by atoms with Crippen molar-refractivity contribution in [3.05, 3.63) is 58.5 Å². The third-order valence-electron chi connectivity index (χ3n) is 5.63. The van der Waals surface area contributed by atoms with Gasteiger partial charge in [-0.15, -0.1) is 0 Å². The topological polar surface area (TPSA) is 93.8 Å². The molecule has 1 saturated heterocycles. The Morgan fingerprint density at radius 2 is 1.94 bits per heavy atom. The first-order chi connectivity index (χ1) is 16.6. The number of H-pyrrole nitrogens is 1. The maximum atomic E-state index is 12.5. The van der Waals surface area contributed by atoms with Crippen molar-refractivity contribution in [1.29, 1.82) is 0 Å². The fraction of sp³-hybridized carbons (Fsp3) is 0.320. The number of esters is 1. The third kappa shape index (κ3) is 4.76. The maximum absolute atomic E-state index is 12.5. The molecule has 34 heavy (non-hydrogen) atoms. The molecule has 4 aromatic rings. The van der Waals surface area contributed by atoms with Crippen LogP contribution in [0.1, 0.15) is 30.3 Å². The zero-order chi connectivity index (χ0) is 23.5. The Bertz CT molecular complexity index is 1390. The van der Waals surface area contributed by atoms with Crippen molar-refractivity contribution in [1.82, 2.24) is 9.97 Å². The number of hydrogen-bond donors (Lipinski definition) is 1. The van der Waals surface area contributed by atoms with E-state index in [-0.39, 0.29) is 11.3 Å². The lowest BCUT2D eigenvalue weighted by atomic mass is 10.1. The number of nitrogens with zero attached hydrogens (tertiary/aromatic N) is 2. The molecule has 2 aromatic heterocycles. The van der Waals surface area contributed by atoms with Crippen LogP contribution >= 0.6 is 11.3 Å². The van der Waals surface area contributed by atoms with E-state index in [1.165, 1.54) is 0 Å². The summed E-state index contributed by atoms with van der Waals surface area (Å²) < 4.78 is 17.8. The van der Waals surface area contributed by atoms with Gasteiger partial charge >= 0.3 is 5.97 Å². The largest absolute Gasteiger partial charge is 0.461 e. The van der Waals surface area contributed by atoms with Crippen LogP contribution in [0.15, 0.2) is 47.3 Å². The quantitative estimate of drug-likeness (QED) is 0.303. The number of morpholine rings is 1. The molecule has 1 aliphatic heterocycles. The fourth-order valence-corrected chi connectivity index (χ4v) is 4.84. The van der Waals surface area contributed by atoms with E-state index in [1.807, 2.05) is 25.1 Å². The summed E-state index contributed by atoms with van der Waals surface area (Å²) in [5.74, 6) is 0.708. The van der Waals surface area contributed by atoms with Crippen LogP contribution in [0.5, 0.6) is 11.5 Å². The van der Waals surface area contributed by atoms with Crippen molar-refractivity contribution >= 4 is 43.4 Å². The summed E-state index contributed by atoms with van der Waals surface area (Å²) in [6.45, 7) is 5.45. The second-order valence-electron chi connectivity index (χ2n) is 8.08. The molecule has 0 spiro atoms. The molecular formula is C25H25N3O5S. The lowest BCUT2D eigenvalue weighted by Gasteiger charge is -2.25. The van der Waals surface area contributed by atoms with E-state index < -0.39 is 5.97 Å². The van der Waals surface area contributed by atoms with Gasteiger partial charge in [0.1, 0.15) is 17.2 Å². The normalized spacial score (nSPS) is 14.0. The highest BCUT2D eigenvalue weighted by Gasteiger charge is 2.16. The minimum absolute atomic E-state index is 0.132. The molecule has 0 aliphatic carbocycles. The van der Waals surface area contributed by atoms with E-state index in [0.29, 0.717) is 42.1 Å². The van der Waals surface area contributed by atoms with Crippen LogP contribution in [0.3, 0.4) is 0 Å². The van der Waals surface area contributed by atoms with Gasteiger partial charge in [-0.2, -0.15) is 0 Å². The first-order valence-electron chi connectivity index (χ1n) is 11.4. The first kappa shape index (κ1) is 22.4. The summed E-state index contributed by atoms with van der Waals surface area (Å²) in [5, 5.41) is 2.07. The number of rotatable bonds is 7. The van der Waals surface area contributed by atoms with Gasteiger partial charge in [-0.25, -0.2) is 9.78 Å². The van der Waals surface area contributed by atoms with Crippen molar-refractivity contribution in [3.63, 3.8) is 0 Å². The van der Waals surface area contributed by atoms with Crippen LogP contribution in [0.2, 0.25) is 0 Å². The number of ether oxygens (including phenoxy) is 3. The summed E-state index contributed by atoms with van der Waals surface area (Å²) in [6.07, 6.45) is 1.70. The van der Waals surface area contributed by atoms with Crippen molar-refractivity contribution in [2.45, 2.75) is 19.8 Å². The van der Waals surface area contributed by atoms with Gasteiger partial charge in [-0.3, -0.25) is 4.79 Å². The average Bonchev–Trinajstić information content (AvgIpc) is 3.28. The zero-order valence-electron chi connectivity index (χ0n) is 18.8. The smallest absolute Gasteiger partial charge is 0.354 e. The van der Waals surface area contributed by atoms with Crippen molar-refractivity contribution in [2.24, 2.45) is 0 Å². The summed E-state index contributed by atoms with van der Waals surface area (Å²) >= 11 is 1.63. The molecule has 0 saturated carbocycles. The monoisotopic (exact) mass is 479 g/mol. The minimum Gasteiger partial charge on any atom is -0.461 e. The molecular weight excluding hydrogens is 454 g/mol. The Morgan fingerprint density at radius 3 is 2.76 bits per heavy atom. The van der Waals surface area contributed by atoms with Crippen LogP contribution in [0, 0.1) is 0 Å². The Hall–Kier alpha value is -3.43. The number of unbranched alkanes of at least 4 members (excludes halogenated alkanes) is 1. The summed E-state index contributed by atoms with van der Waals surface area (Å²) in [4.78, 5) is 34.3. The Balaban J connectivity index is 1.38. The SMILES string of the molecule is CCCCOC(=O)c1cc2cc(Oc3ccc4nc(N5CCOCC5)sc4c3)ccc2c(=O)[nH]1. The molecule has 0 atom stereocenters. The highest BCUT2D eigenvalue weighted by molar-refractivity contribution is 7.22. The lowest BCUT2D eigenvalue weighted by Crippen LogP contribution is -2.36. The highest BCUT2D eigenvalue weighted by Crippen LogP contribution is 2.33. The molecule has 3 heterocycles. The van der Waals surface area contributed by atoms with Crippen LogP contribution in [0.25, 0.3) is 21.0 Å². The van der Waals surface area contributed by atoms with Crippen LogP contribution in [-0.4, -0.2) is 48.8 Å². The van der Waals surface area contributed by atoms with E-state index in [2.05, 4.69) is 9.88 Å². The molecule has 9 heteroatoms. The Morgan fingerprint density at radius 1 is 1.15 bits per heavy atom. The maximum Gasteiger partial charge on any atom is 0.354 e. The molecule has 1 N–H and O–H groups in total. The average molecular weight is 480 g/mol. The van der Waals surface area contributed by atoms with Gasteiger partial charge in [-0.1, -0.05) is 24.7 Å². The van der Waals surface area contributed by atoms with Gasteiger partial charge in [0.2, 0.25) is 0 Å². The second-order valence-corrected chi connectivity index (χ2v) is 9.09. The Labute approximate surface area is 200 Å². The van der Waals surface area contributed by atoms with Gasteiger partial charge in [0.25, 0.3) is 5.56 Å². The predicted octanol–water partition coefficient (Wildman–Crippen LogP) is 4.72. The van der Waals surface area contributed by atoms with E-state index >= 15 is 0 Å². The lowest BCUT2D eigenvalue weighted by molar-refractivity contribution is 0.0492. The van der Waals surface area contributed by atoms with E-state index in [9.17, 15) is 9.59 Å². The number of pyridine rings is 1. The number of thiazole rings is 1. The number of nitrogens with one attached hydrogen (secondary N) is 1. The summed E-state index contributed by atoms with van der Waals surface area (Å²) in [6, 6.07) is 12.6. The van der Waals surface area contributed by atoms with Gasteiger partial charge in [0.05, 0.1) is 30.0 Å². The number of hydrogen-bond acceptors (Lipinski definition) is 8. The molecule has 0 radical (unpaired) electrons. The molecule has 0 amide bonds. The highest BCUT2D eigenvalue weighted by atomic mass is 32.1. The molecule has 0 bridgehead atoms. The van der Waals surface area contributed by atoms with Gasteiger partial charge in [0.15, 0.2) is 5.13 Å². The van der Waals surface area contributed by atoms with Crippen molar-refractivity contribution in [3.8, 4) is 11.5 Å². The molecule has 176 valence electrons. The van der Waals surface area contributed by atoms with Crippen LogP contribution in [0.4, 0.5) is 5.13 Å². The van der Waals surface area contributed by atoms with Gasteiger partial charge in [0, 0.05) is 24.5 Å². The second kappa shape index (κ2) is 9.82. The zero-order valence-corrected chi connectivity index (χ0v) is 19.7. The van der Waals surface area contributed by atoms with Gasteiger partial charge in [-0.05, 0) is 48.2 Å².